The largest absolute Gasteiger partial charge is 0.497 e. The summed E-state index contributed by atoms with van der Waals surface area (Å²) in [5.41, 5.74) is 2.54. The number of fused-ring (bicyclic) bond motifs is 1. The van der Waals surface area contributed by atoms with Gasteiger partial charge in [0.1, 0.15) is 5.75 Å². The topological polar surface area (TPSA) is 70.1 Å². The Morgan fingerprint density at radius 1 is 0.914 bits per heavy atom. The molecule has 182 valence electrons. The van der Waals surface area contributed by atoms with E-state index in [0.717, 1.165) is 25.9 Å². The van der Waals surface area contributed by atoms with Crippen molar-refractivity contribution in [2.45, 2.75) is 10.9 Å². The minimum atomic E-state index is -0.0700. The first-order valence-corrected chi connectivity index (χ1v) is 12.6. The summed E-state index contributed by atoms with van der Waals surface area (Å²) in [4.78, 5) is 19.9. The lowest BCUT2D eigenvalue weighted by molar-refractivity contribution is -0.116. The second-order valence-electron chi connectivity index (χ2n) is 7.45. The number of carbonyl (C=O) groups excluding carboxylic acids is 1. The number of hydrogen-bond donors (Lipinski definition) is 0. The Balaban J connectivity index is 1.64. The van der Waals surface area contributed by atoms with Crippen LogP contribution in [0.4, 0.5) is 5.69 Å². The van der Waals surface area contributed by atoms with E-state index in [4.69, 9.17) is 18.9 Å². The molecule has 0 unspecified atom stereocenters. The summed E-state index contributed by atoms with van der Waals surface area (Å²) in [7, 11) is 6.29. The number of thiazole rings is 1. The number of amides is 1. The first-order valence-electron chi connectivity index (χ1n) is 10.8. The molecule has 0 spiro atoms. The van der Waals surface area contributed by atoms with Gasteiger partial charge in [-0.25, -0.2) is 4.98 Å². The van der Waals surface area contributed by atoms with E-state index in [-0.39, 0.29) is 11.7 Å². The number of hydrogen-bond acceptors (Lipinski definition) is 8. The maximum Gasteiger partial charge on any atom is 0.237 e. The Labute approximate surface area is 212 Å². The Hall–Kier alpha value is -3.43. The number of para-hydroxylation sites is 1. The molecule has 0 atom stereocenters. The van der Waals surface area contributed by atoms with Crippen molar-refractivity contribution in [1.29, 1.82) is 0 Å². The van der Waals surface area contributed by atoms with Crippen molar-refractivity contribution in [3.63, 3.8) is 0 Å². The van der Waals surface area contributed by atoms with Crippen LogP contribution in [0.5, 0.6) is 23.0 Å². The average molecular weight is 511 g/mol. The van der Waals surface area contributed by atoms with Crippen LogP contribution in [0.15, 0.2) is 65.0 Å². The fraction of sp³-hybridized carbons (Fsp3) is 0.231. The Morgan fingerprint density at radius 2 is 1.60 bits per heavy atom. The minimum absolute atomic E-state index is 0.0700. The zero-order valence-corrected chi connectivity index (χ0v) is 21.6. The normalized spacial score (nSPS) is 10.7. The van der Waals surface area contributed by atoms with Gasteiger partial charge in [-0.15, -0.1) is 11.3 Å². The number of carbonyl (C=O) groups is 1. The smallest absolute Gasteiger partial charge is 0.237 e. The zero-order chi connectivity index (χ0) is 24.8. The standard InChI is InChI=1S/C26H26N2O5S2/c1-30-19-11-9-17(10-12-19)15-28(18-13-21(31-2)25(33-4)22(14-18)32-3)24(29)16-34-26-27-20-7-5-6-8-23(20)35-26/h5-14H,15-16H2,1-4H3. The van der Waals surface area contributed by atoms with Gasteiger partial charge in [0.15, 0.2) is 15.8 Å². The highest BCUT2D eigenvalue weighted by Gasteiger charge is 2.22. The number of aromatic nitrogens is 1. The quantitative estimate of drug-likeness (QED) is 0.255. The van der Waals surface area contributed by atoms with Crippen LogP contribution < -0.4 is 23.8 Å². The molecule has 7 nitrogen and oxygen atoms in total. The summed E-state index contributed by atoms with van der Waals surface area (Å²) in [5.74, 6) is 2.35. The highest BCUT2D eigenvalue weighted by molar-refractivity contribution is 8.01. The highest BCUT2D eigenvalue weighted by Crippen LogP contribution is 2.41. The molecular weight excluding hydrogens is 484 g/mol. The summed E-state index contributed by atoms with van der Waals surface area (Å²) < 4.78 is 23.7. The number of benzene rings is 3. The fourth-order valence-corrected chi connectivity index (χ4v) is 5.52. The van der Waals surface area contributed by atoms with Crippen molar-refractivity contribution in [2.24, 2.45) is 0 Å². The second-order valence-corrected chi connectivity index (χ2v) is 9.70. The van der Waals surface area contributed by atoms with Crippen LogP contribution in [0, 0.1) is 0 Å². The van der Waals surface area contributed by atoms with E-state index < -0.39 is 0 Å². The molecule has 35 heavy (non-hydrogen) atoms. The minimum Gasteiger partial charge on any atom is -0.497 e. The van der Waals surface area contributed by atoms with Gasteiger partial charge >= 0.3 is 0 Å². The maximum atomic E-state index is 13.6. The molecule has 0 aliphatic heterocycles. The zero-order valence-electron chi connectivity index (χ0n) is 19.9. The van der Waals surface area contributed by atoms with Crippen molar-refractivity contribution < 1.29 is 23.7 Å². The van der Waals surface area contributed by atoms with Crippen LogP contribution in [0.25, 0.3) is 10.2 Å². The molecule has 0 radical (unpaired) electrons. The van der Waals surface area contributed by atoms with Crippen molar-refractivity contribution in [3.05, 3.63) is 66.2 Å². The summed E-state index contributed by atoms with van der Waals surface area (Å²) in [6, 6.07) is 19.2. The van der Waals surface area contributed by atoms with Crippen LogP contribution in [0.1, 0.15) is 5.56 Å². The molecule has 4 aromatic rings. The lowest BCUT2D eigenvalue weighted by Crippen LogP contribution is -2.32. The predicted molar refractivity (Wildman–Crippen MR) is 141 cm³/mol. The third kappa shape index (κ3) is 5.63. The fourth-order valence-electron chi connectivity index (χ4n) is 3.57. The number of nitrogens with zero attached hydrogens (tertiary/aromatic N) is 2. The molecule has 0 N–H and O–H groups in total. The van der Waals surface area contributed by atoms with Gasteiger partial charge < -0.3 is 23.8 Å². The van der Waals surface area contributed by atoms with E-state index in [0.29, 0.717) is 29.5 Å². The Kier molecular flexibility index (Phi) is 7.99. The summed E-state index contributed by atoms with van der Waals surface area (Å²) >= 11 is 3.01. The van der Waals surface area contributed by atoms with Crippen LogP contribution in [0.2, 0.25) is 0 Å². The van der Waals surface area contributed by atoms with Gasteiger partial charge in [-0.1, -0.05) is 36.0 Å². The molecule has 0 aliphatic rings. The summed E-state index contributed by atoms with van der Waals surface area (Å²) in [6.07, 6.45) is 0. The van der Waals surface area contributed by atoms with Gasteiger partial charge in [-0.2, -0.15) is 0 Å². The van der Waals surface area contributed by atoms with Crippen molar-refractivity contribution in [1.82, 2.24) is 4.98 Å². The first kappa shape index (κ1) is 24.7. The van der Waals surface area contributed by atoms with E-state index >= 15 is 0 Å². The van der Waals surface area contributed by atoms with Gasteiger partial charge in [0.05, 0.1) is 56.6 Å². The van der Waals surface area contributed by atoms with E-state index in [1.807, 2.05) is 48.5 Å². The number of rotatable bonds is 10. The van der Waals surface area contributed by atoms with Gasteiger partial charge in [-0.3, -0.25) is 4.79 Å². The van der Waals surface area contributed by atoms with Crippen molar-refractivity contribution in [3.8, 4) is 23.0 Å². The molecule has 9 heteroatoms. The number of thioether (sulfide) groups is 1. The van der Waals surface area contributed by atoms with Gasteiger partial charge in [-0.05, 0) is 29.8 Å². The third-order valence-corrected chi connectivity index (χ3v) is 7.52. The van der Waals surface area contributed by atoms with E-state index in [1.165, 1.54) is 11.8 Å². The van der Waals surface area contributed by atoms with Gasteiger partial charge in [0.25, 0.3) is 0 Å². The molecule has 1 aromatic heterocycles. The second kappa shape index (κ2) is 11.3. The third-order valence-electron chi connectivity index (χ3n) is 5.36. The molecule has 1 amide bonds. The van der Waals surface area contributed by atoms with Crippen LogP contribution in [-0.4, -0.2) is 45.1 Å². The molecule has 0 saturated heterocycles. The molecule has 0 bridgehead atoms. The van der Waals surface area contributed by atoms with Crippen LogP contribution >= 0.6 is 23.1 Å². The van der Waals surface area contributed by atoms with Crippen molar-refractivity contribution in [2.75, 3.05) is 39.1 Å². The van der Waals surface area contributed by atoms with E-state index in [1.54, 1.807) is 56.8 Å². The van der Waals surface area contributed by atoms with Crippen LogP contribution in [-0.2, 0) is 11.3 Å². The predicted octanol–water partition coefficient (Wildman–Crippen LogP) is 5.66. The van der Waals surface area contributed by atoms with Crippen molar-refractivity contribution >= 4 is 44.9 Å². The lowest BCUT2D eigenvalue weighted by Gasteiger charge is -2.25. The Bertz CT molecular complexity index is 1250. The number of methoxy groups -OCH3 is 4. The number of anilines is 1. The van der Waals surface area contributed by atoms with E-state index in [2.05, 4.69) is 4.98 Å². The average Bonchev–Trinajstić information content (AvgIpc) is 3.33. The van der Waals surface area contributed by atoms with E-state index in [9.17, 15) is 4.79 Å². The molecular formula is C26H26N2O5S2. The summed E-state index contributed by atoms with van der Waals surface area (Å²) in [5, 5.41) is 0. The Morgan fingerprint density at radius 3 is 2.20 bits per heavy atom. The highest BCUT2D eigenvalue weighted by atomic mass is 32.2. The molecule has 0 fully saturated rings. The summed E-state index contributed by atoms with van der Waals surface area (Å²) in [6.45, 7) is 0.363. The molecule has 4 rings (SSSR count). The molecule has 0 saturated carbocycles. The molecule has 0 aliphatic carbocycles. The first-order chi connectivity index (χ1) is 17.1. The lowest BCUT2D eigenvalue weighted by atomic mass is 10.1. The van der Waals surface area contributed by atoms with Gasteiger partial charge in [0, 0.05) is 12.1 Å². The number of ether oxygens (including phenoxy) is 4. The van der Waals surface area contributed by atoms with Crippen LogP contribution in [0.3, 0.4) is 0 Å². The molecule has 1 heterocycles. The molecule has 3 aromatic carbocycles. The van der Waals surface area contributed by atoms with Gasteiger partial charge in [0.2, 0.25) is 11.7 Å². The monoisotopic (exact) mass is 510 g/mol. The SMILES string of the molecule is COc1ccc(CN(C(=O)CSc2nc3ccccc3s2)c2cc(OC)c(OC)c(OC)c2)cc1. The maximum absolute atomic E-state index is 13.6.